The summed E-state index contributed by atoms with van der Waals surface area (Å²) < 4.78 is 45.9. The highest BCUT2D eigenvalue weighted by Gasteiger charge is 2.24. The maximum absolute atomic E-state index is 15.2. The van der Waals surface area contributed by atoms with Gasteiger partial charge in [0.05, 0.1) is 23.2 Å². The van der Waals surface area contributed by atoms with Gasteiger partial charge in [0.2, 0.25) is 5.95 Å². The van der Waals surface area contributed by atoms with Crippen LogP contribution in [-0.2, 0) is 7.05 Å². The fourth-order valence-electron chi connectivity index (χ4n) is 4.16. The summed E-state index contributed by atoms with van der Waals surface area (Å²) in [7, 11) is 1.59. The Kier molecular flexibility index (Phi) is 5.16. The molecule has 2 aromatic carbocycles. The molecule has 0 saturated carbocycles. The number of piperidine rings is 1. The van der Waals surface area contributed by atoms with Gasteiger partial charge in [0.25, 0.3) is 0 Å². The van der Waals surface area contributed by atoms with Crippen LogP contribution in [0.3, 0.4) is 0 Å². The average molecular weight is 453 g/mol. The molecule has 1 aliphatic rings. The van der Waals surface area contributed by atoms with Crippen molar-refractivity contribution >= 4 is 22.7 Å². The molecular formula is C23H22F3N7. The Labute approximate surface area is 187 Å². The second-order valence-electron chi connectivity index (χ2n) is 8.27. The van der Waals surface area contributed by atoms with E-state index in [2.05, 4.69) is 15.0 Å². The van der Waals surface area contributed by atoms with Crippen LogP contribution in [0.15, 0.2) is 36.8 Å². The van der Waals surface area contributed by atoms with E-state index in [1.165, 1.54) is 35.3 Å². The highest BCUT2D eigenvalue weighted by atomic mass is 19.2. The van der Waals surface area contributed by atoms with Crippen molar-refractivity contribution < 1.29 is 13.2 Å². The molecule has 0 aliphatic carbocycles. The fraction of sp³-hybridized carbons (Fsp3) is 0.261. The molecule has 4 N–H and O–H groups in total. The second-order valence-corrected chi connectivity index (χ2v) is 8.27. The normalized spacial score (nSPS) is 14.9. The Morgan fingerprint density at radius 2 is 1.76 bits per heavy atom. The number of nitrogens with zero attached hydrogens (tertiary/aromatic N) is 5. The van der Waals surface area contributed by atoms with E-state index < -0.39 is 17.5 Å². The molecule has 0 atom stereocenters. The summed E-state index contributed by atoms with van der Waals surface area (Å²) in [5, 5.41) is 0. The highest BCUT2D eigenvalue weighted by molar-refractivity contribution is 5.88. The summed E-state index contributed by atoms with van der Waals surface area (Å²) in [4.78, 5) is 15.2. The lowest BCUT2D eigenvalue weighted by atomic mass is 9.99. The van der Waals surface area contributed by atoms with Crippen LogP contribution in [-0.4, -0.2) is 38.7 Å². The SMILES string of the molecule is Cn1cnc2cc(-c3cnc(N4CCC(N)CC4)nc3-c3ccc(N)c(F)c3)c(F)c(F)c21. The largest absolute Gasteiger partial charge is 0.396 e. The van der Waals surface area contributed by atoms with Crippen LogP contribution in [0.25, 0.3) is 33.4 Å². The predicted molar refractivity (Wildman–Crippen MR) is 121 cm³/mol. The van der Waals surface area contributed by atoms with Crippen molar-refractivity contribution in [2.24, 2.45) is 12.8 Å². The van der Waals surface area contributed by atoms with Crippen LogP contribution >= 0.6 is 0 Å². The lowest BCUT2D eigenvalue weighted by molar-refractivity contribution is 0.495. The van der Waals surface area contributed by atoms with Crippen molar-refractivity contribution in [2.45, 2.75) is 18.9 Å². The number of imidazole rings is 1. The quantitative estimate of drug-likeness (QED) is 0.460. The van der Waals surface area contributed by atoms with Gasteiger partial charge in [0, 0.05) is 49.1 Å². The third-order valence-electron chi connectivity index (χ3n) is 6.05. The van der Waals surface area contributed by atoms with E-state index in [-0.39, 0.29) is 39.6 Å². The highest BCUT2D eigenvalue weighted by Crippen LogP contribution is 2.37. The van der Waals surface area contributed by atoms with Crippen LogP contribution in [0.4, 0.5) is 24.8 Å². The van der Waals surface area contributed by atoms with E-state index in [1.807, 2.05) is 4.90 Å². The third-order valence-corrected chi connectivity index (χ3v) is 6.05. The van der Waals surface area contributed by atoms with E-state index in [0.717, 1.165) is 12.8 Å². The zero-order valence-electron chi connectivity index (χ0n) is 17.9. The van der Waals surface area contributed by atoms with Gasteiger partial charge in [-0.3, -0.25) is 0 Å². The lowest BCUT2D eigenvalue weighted by Gasteiger charge is -2.30. The Bertz CT molecular complexity index is 1360. The second kappa shape index (κ2) is 8.04. The van der Waals surface area contributed by atoms with Gasteiger partial charge >= 0.3 is 0 Å². The average Bonchev–Trinajstić information content (AvgIpc) is 3.19. The smallest absolute Gasteiger partial charge is 0.225 e. The molecule has 1 fully saturated rings. The zero-order chi connectivity index (χ0) is 23.3. The molecule has 170 valence electrons. The van der Waals surface area contributed by atoms with Crippen molar-refractivity contribution in [3.05, 3.63) is 54.2 Å². The van der Waals surface area contributed by atoms with Crippen molar-refractivity contribution in [1.29, 1.82) is 0 Å². The maximum Gasteiger partial charge on any atom is 0.225 e. The lowest BCUT2D eigenvalue weighted by Crippen LogP contribution is -2.40. The van der Waals surface area contributed by atoms with Crippen molar-refractivity contribution in [3.8, 4) is 22.4 Å². The van der Waals surface area contributed by atoms with E-state index in [9.17, 15) is 8.78 Å². The zero-order valence-corrected chi connectivity index (χ0v) is 17.9. The number of aryl methyl sites for hydroxylation is 1. The molecule has 4 aromatic rings. The van der Waals surface area contributed by atoms with Crippen molar-refractivity contribution in [3.63, 3.8) is 0 Å². The van der Waals surface area contributed by atoms with E-state index in [4.69, 9.17) is 11.5 Å². The van der Waals surface area contributed by atoms with Crippen LogP contribution < -0.4 is 16.4 Å². The Balaban J connectivity index is 1.71. The maximum atomic E-state index is 15.2. The van der Waals surface area contributed by atoms with Gasteiger partial charge in [-0.1, -0.05) is 6.07 Å². The molecule has 2 aromatic heterocycles. The Morgan fingerprint density at radius 1 is 1.00 bits per heavy atom. The summed E-state index contributed by atoms with van der Waals surface area (Å²) in [6, 6.07) is 5.80. The number of anilines is 2. The summed E-state index contributed by atoms with van der Waals surface area (Å²) in [5.74, 6) is -2.29. The standard InChI is InChI=1S/C23H22F3N7/c1-32-11-30-18-9-14(19(25)20(26)22(18)32)15-10-29-23(33-6-4-13(27)5-7-33)31-21(15)12-2-3-17(28)16(24)8-12/h2-3,8-11,13H,4-7,27-28H2,1H3. The molecule has 10 heteroatoms. The van der Waals surface area contributed by atoms with Gasteiger partial charge in [-0.15, -0.1) is 0 Å². The molecule has 5 rings (SSSR count). The first-order valence-corrected chi connectivity index (χ1v) is 10.6. The Hall–Kier alpha value is -3.66. The van der Waals surface area contributed by atoms with Gasteiger partial charge in [-0.05, 0) is 31.0 Å². The van der Waals surface area contributed by atoms with Gasteiger partial charge in [0.1, 0.15) is 11.3 Å². The van der Waals surface area contributed by atoms with Crippen LogP contribution in [0.2, 0.25) is 0 Å². The van der Waals surface area contributed by atoms with Gasteiger partial charge in [-0.25, -0.2) is 28.1 Å². The minimum absolute atomic E-state index is 0.0215. The molecule has 1 saturated heterocycles. The first-order valence-electron chi connectivity index (χ1n) is 10.6. The number of benzene rings is 2. The van der Waals surface area contributed by atoms with E-state index in [0.29, 0.717) is 24.6 Å². The number of hydrogen-bond acceptors (Lipinski definition) is 6. The molecule has 0 amide bonds. The van der Waals surface area contributed by atoms with Crippen LogP contribution in [0.1, 0.15) is 12.8 Å². The minimum atomic E-state index is -1.05. The summed E-state index contributed by atoms with van der Waals surface area (Å²) in [5.41, 5.74) is 12.8. The molecule has 3 heterocycles. The molecule has 7 nitrogen and oxygen atoms in total. The summed E-state index contributed by atoms with van der Waals surface area (Å²) in [6.45, 7) is 1.33. The monoisotopic (exact) mass is 453 g/mol. The van der Waals surface area contributed by atoms with Crippen LogP contribution in [0.5, 0.6) is 0 Å². The van der Waals surface area contributed by atoms with Crippen LogP contribution in [0, 0.1) is 17.5 Å². The molecule has 0 spiro atoms. The van der Waals surface area contributed by atoms with Gasteiger partial charge < -0.3 is 20.9 Å². The van der Waals surface area contributed by atoms with E-state index >= 15 is 4.39 Å². The minimum Gasteiger partial charge on any atom is -0.396 e. The molecular weight excluding hydrogens is 431 g/mol. The van der Waals surface area contributed by atoms with E-state index in [1.54, 1.807) is 13.1 Å². The number of halogens is 3. The first-order chi connectivity index (χ1) is 15.8. The number of nitrogens with two attached hydrogens (primary N) is 2. The molecule has 33 heavy (non-hydrogen) atoms. The first kappa shape index (κ1) is 21.2. The number of hydrogen-bond donors (Lipinski definition) is 2. The molecule has 0 bridgehead atoms. The number of fused-ring (bicyclic) bond motifs is 1. The van der Waals surface area contributed by atoms with Crippen molar-refractivity contribution in [2.75, 3.05) is 23.7 Å². The van der Waals surface area contributed by atoms with Crippen molar-refractivity contribution in [1.82, 2.24) is 19.5 Å². The Morgan fingerprint density at radius 3 is 2.48 bits per heavy atom. The topological polar surface area (TPSA) is 98.9 Å². The molecule has 1 aliphatic heterocycles. The van der Waals surface area contributed by atoms with Gasteiger partial charge in [-0.2, -0.15) is 0 Å². The summed E-state index contributed by atoms with van der Waals surface area (Å²) >= 11 is 0. The molecule has 0 unspecified atom stereocenters. The predicted octanol–water partition coefficient (Wildman–Crippen LogP) is 3.62. The third kappa shape index (κ3) is 3.66. The number of nitrogen functional groups attached to an aromatic ring is 1. The van der Waals surface area contributed by atoms with Gasteiger partial charge in [0.15, 0.2) is 11.6 Å². The molecule has 0 radical (unpaired) electrons. The fourth-order valence-corrected chi connectivity index (χ4v) is 4.16. The number of aromatic nitrogens is 4. The number of rotatable bonds is 3. The summed E-state index contributed by atoms with van der Waals surface area (Å²) in [6.07, 6.45) is 4.42.